The van der Waals surface area contributed by atoms with Gasteiger partial charge in [-0.15, -0.1) is 5.10 Å². The van der Waals surface area contributed by atoms with Crippen LogP contribution in [0.4, 0.5) is 0 Å². The van der Waals surface area contributed by atoms with E-state index in [1.54, 1.807) is 24.3 Å². The lowest BCUT2D eigenvalue weighted by molar-refractivity contribution is -0.127. The first kappa shape index (κ1) is 23.9. The molecular formula is C23H27N5O5. The molecule has 0 unspecified atom stereocenters. The summed E-state index contributed by atoms with van der Waals surface area (Å²) in [5.74, 6) is -2.87. The van der Waals surface area contributed by atoms with Gasteiger partial charge in [0.15, 0.2) is 0 Å². The third-order valence-corrected chi connectivity index (χ3v) is 5.68. The van der Waals surface area contributed by atoms with Gasteiger partial charge in [0.2, 0.25) is 11.7 Å². The fourth-order valence-electron chi connectivity index (χ4n) is 4.03. The van der Waals surface area contributed by atoms with Crippen molar-refractivity contribution in [3.63, 3.8) is 0 Å². The number of aromatic amines is 1. The first-order valence-corrected chi connectivity index (χ1v) is 11.0. The van der Waals surface area contributed by atoms with E-state index in [-0.39, 0.29) is 29.7 Å². The van der Waals surface area contributed by atoms with Gasteiger partial charge in [-0.2, -0.15) is 5.26 Å². The number of rotatable bonds is 8. The molecule has 3 rings (SSSR count). The lowest BCUT2D eigenvalue weighted by Gasteiger charge is -2.32. The number of benzene rings is 1. The van der Waals surface area contributed by atoms with Gasteiger partial charge >= 0.3 is 5.76 Å². The molecule has 3 atom stereocenters. The quantitative estimate of drug-likeness (QED) is 0.515. The average Bonchev–Trinajstić information content (AvgIpc) is 3.24. The van der Waals surface area contributed by atoms with Crippen LogP contribution in [0.1, 0.15) is 72.6 Å². The third kappa shape index (κ3) is 6.16. The summed E-state index contributed by atoms with van der Waals surface area (Å²) < 4.78 is 4.77. The number of nitrogens with one attached hydrogen (secondary N) is 3. The number of nitriles is 1. The van der Waals surface area contributed by atoms with Crippen molar-refractivity contribution in [1.82, 2.24) is 20.8 Å². The maximum Gasteiger partial charge on any atom is 0.434 e. The second-order valence-electron chi connectivity index (χ2n) is 8.63. The Morgan fingerprint density at radius 1 is 1.21 bits per heavy atom. The van der Waals surface area contributed by atoms with Crippen molar-refractivity contribution in [2.24, 2.45) is 11.8 Å². The number of Topliss-reactive ketones (excluding diaryl/α,β-unsaturated/α-hetero) is 1. The predicted molar refractivity (Wildman–Crippen MR) is 117 cm³/mol. The minimum absolute atomic E-state index is 0.0863. The van der Waals surface area contributed by atoms with Crippen molar-refractivity contribution >= 4 is 17.6 Å². The Balaban J connectivity index is 1.71. The molecule has 1 aliphatic rings. The molecule has 1 fully saturated rings. The van der Waals surface area contributed by atoms with Gasteiger partial charge in [-0.3, -0.25) is 14.4 Å². The lowest BCUT2D eigenvalue weighted by Crippen LogP contribution is -2.52. The van der Waals surface area contributed by atoms with Crippen LogP contribution in [0.3, 0.4) is 0 Å². The Kier molecular flexibility index (Phi) is 7.77. The summed E-state index contributed by atoms with van der Waals surface area (Å²) in [5.41, 5.74) is 0.857. The smallest absolute Gasteiger partial charge is 0.384 e. The van der Waals surface area contributed by atoms with E-state index in [1.165, 1.54) is 0 Å². The zero-order valence-corrected chi connectivity index (χ0v) is 18.6. The maximum absolute atomic E-state index is 13.2. The number of hydrogen-bond acceptors (Lipinski definition) is 7. The monoisotopic (exact) mass is 453 g/mol. The summed E-state index contributed by atoms with van der Waals surface area (Å²) in [4.78, 5) is 49.9. The minimum Gasteiger partial charge on any atom is -0.384 e. The van der Waals surface area contributed by atoms with E-state index in [0.29, 0.717) is 30.4 Å². The van der Waals surface area contributed by atoms with Gasteiger partial charge in [0.1, 0.15) is 0 Å². The fourth-order valence-corrected chi connectivity index (χ4v) is 4.03. The van der Waals surface area contributed by atoms with Gasteiger partial charge in [-0.1, -0.05) is 26.7 Å². The maximum atomic E-state index is 13.2. The molecule has 1 saturated carbocycles. The number of carbonyl (C=O) groups is 3. The standard InChI is InChI=1S/C23H27N5O5/c1-13(2)11-18(19(29)22-27-28-23(32)33-22)26-21(31)16-5-3-4-6-17(16)25-20(30)15-9-7-14(12-24)8-10-15/h7-10,13,16-18H,3-6,11H2,1-2H3,(H,25,30)(H,26,31)(H,28,32)/t16-,17+,18+/m1/s1. The van der Waals surface area contributed by atoms with Crippen molar-refractivity contribution in [2.75, 3.05) is 0 Å². The Hall–Kier alpha value is -3.74. The number of nitrogens with zero attached hydrogens (tertiary/aromatic N) is 2. The molecule has 0 aliphatic heterocycles. The first-order chi connectivity index (χ1) is 15.8. The molecule has 174 valence electrons. The predicted octanol–water partition coefficient (Wildman–Crippen LogP) is 1.94. The Morgan fingerprint density at radius 3 is 2.52 bits per heavy atom. The third-order valence-electron chi connectivity index (χ3n) is 5.68. The zero-order valence-electron chi connectivity index (χ0n) is 18.6. The number of carbonyl (C=O) groups excluding carboxylic acids is 3. The second-order valence-corrected chi connectivity index (χ2v) is 8.63. The van der Waals surface area contributed by atoms with Crippen molar-refractivity contribution < 1.29 is 18.8 Å². The van der Waals surface area contributed by atoms with Gasteiger partial charge < -0.3 is 15.1 Å². The van der Waals surface area contributed by atoms with E-state index in [4.69, 9.17) is 9.68 Å². The zero-order chi connectivity index (χ0) is 24.0. The Morgan fingerprint density at radius 2 is 1.91 bits per heavy atom. The van der Waals surface area contributed by atoms with Gasteiger partial charge in [-0.05, 0) is 49.4 Å². The van der Waals surface area contributed by atoms with E-state index < -0.39 is 23.5 Å². The number of hydrogen-bond donors (Lipinski definition) is 3. The molecule has 0 radical (unpaired) electrons. The van der Waals surface area contributed by atoms with Crippen molar-refractivity contribution in [3.8, 4) is 6.07 Å². The molecule has 1 aromatic heterocycles. The summed E-state index contributed by atoms with van der Waals surface area (Å²) in [7, 11) is 0. The van der Waals surface area contributed by atoms with E-state index in [9.17, 15) is 19.2 Å². The summed E-state index contributed by atoms with van der Waals surface area (Å²) in [6.45, 7) is 3.82. The average molecular weight is 453 g/mol. The van der Waals surface area contributed by atoms with Crippen LogP contribution in [-0.2, 0) is 4.79 Å². The molecule has 0 spiro atoms. The number of ketones is 1. The highest BCUT2D eigenvalue weighted by atomic mass is 16.4. The van der Waals surface area contributed by atoms with Crippen molar-refractivity contribution in [2.45, 2.75) is 58.0 Å². The molecule has 1 aromatic carbocycles. The highest BCUT2D eigenvalue weighted by Crippen LogP contribution is 2.26. The van der Waals surface area contributed by atoms with Crippen LogP contribution in [0.25, 0.3) is 0 Å². The highest BCUT2D eigenvalue weighted by molar-refractivity contribution is 5.99. The SMILES string of the molecule is CC(C)C[C@H](NC(=O)[C@@H]1CCCC[C@@H]1NC(=O)c1ccc(C#N)cc1)C(=O)c1n[nH]c(=O)o1. The van der Waals surface area contributed by atoms with Crippen LogP contribution in [0.5, 0.6) is 0 Å². The largest absolute Gasteiger partial charge is 0.434 e. The normalized spacial score (nSPS) is 18.8. The molecule has 3 N–H and O–H groups in total. The molecule has 0 bridgehead atoms. The van der Waals surface area contributed by atoms with Crippen LogP contribution in [0.15, 0.2) is 33.5 Å². The van der Waals surface area contributed by atoms with E-state index in [1.807, 2.05) is 19.9 Å². The number of amides is 2. The fraction of sp³-hybridized carbons (Fsp3) is 0.478. The topological polar surface area (TPSA) is 158 Å². The molecule has 33 heavy (non-hydrogen) atoms. The van der Waals surface area contributed by atoms with Crippen LogP contribution >= 0.6 is 0 Å². The van der Waals surface area contributed by atoms with Crippen molar-refractivity contribution in [1.29, 1.82) is 5.26 Å². The van der Waals surface area contributed by atoms with E-state index >= 15 is 0 Å². The molecule has 1 heterocycles. The molecule has 0 saturated heterocycles. The highest BCUT2D eigenvalue weighted by Gasteiger charge is 2.35. The summed E-state index contributed by atoms with van der Waals surface area (Å²) in [5, 5.41) is 20.3. The lowest BCUT2D eigenvalue weighted by atomic mass is 9.83. The van der Waals surface area contributed by atoms with Gasteiger partial charge in [0, 0.05) is 11.6 Å². The van der Waals surface area contributed by atoms with Gasteiger partial charge in [0.05, 0.1) is 23.6 Å². The van der Waals surface area contributed by atoms with Gasteiger partial charge in [-0.25, -0.2) is 9.89 Å². The molecule has 2 amide bonds. The second kappa shape index (κ2) is 10.7. The molecule has 2 aromatic rings. The Bertz CT molecular complexity index is 1100. The summed E-state index contributed by atoms with van der Waals surface area (Å²) in [6, 6.07) is 6.99. The summed E-state index contributed by atoms with van der Waals surface area (Å²) >= 11 is 0. The minimum atomic E-state index is -0.902. The number of H-pyrrole nitrogens is 1. The summed E-state index contributed by atoms with van der Waals surface area (Å²) in [6.07, 6.45) is 3.25. The molecule has 10 heteroatoms. The molecule has 10 nitrogen and oxygen atoms in total. The van der Waals surface area contributed by atoms with Gasteiger partial charge in [0.25, 0.3) is 11.8 Å². The van der Waals surface area contributed by atoms with Crippen LogP contribution < -0.4 is 16.4 Å². The van der Waals surface area contributed by atoms with Crippen LogP contribution in [-0.4, -0.2) is 39.9 Å². The number of aromatic nitrogens is 2. The van der Waals surface area contributed by atoms with Crippen LogP contribution in [0, 0.1) is 23.2 Å². The molecular weight excluding hydrogens is 426 g/mol. The Labute approximate surface area is 190 Å². The molecule has 1 aliphatic carbocycles. The van der Waals surface area contributed by atoms with E-state index in [0.717, 1.165) is 12.8 Å². The van der Waals surface area contributed by atoms with Crippen molar-refractivity contribution in [3.05, 3.63) is 51.8 Å². The van der Waals surface area contributed by atoms with E-state index in [2.05, 4.69) is 20.8 Å². The first-order valence-electron chi connectivity index (χ1n) is 11.0. The van der Waals surface area contributed by atoms with Crippen LogP contribution in [0.2, 0.25) is 0 Å².